The second-order valence-electron chi connectivity index (χ2n) is 5.05. The second-order valence-corrected chi connectivity index (χ2v) is 5.41. The molecule has 0 spiro atoms. The lowest BCUT2D eigenvalue weighted by Crippen LogP contribution is -2.21. The first-order chi connectivity index (χ1) is 8.97. The summed E-state index contributed by atoms with van der Waals surface area (Å²) in [5, 5.41) is 8.35. The van der Waals surface area contributed by atoms with Crippen molar-refractivity contribution in [2.45, 2.75) is 39.9 Å². The van der Waals surface area contributed by atoms with E-state index in [-0.39, 0.29) is 0 Å². The summed E-state index contributed by atoms with van der Waals surface area (Å²) in [5.74, 6) is 0. The van der Waals surface area contributed by atoms with Gasteiger partial charge in [-0.3, -0.25) is 4.68 Å². The molecule has 2 heterocycles. The van der Waals surface area contributed by atoms with Crippen molar-refractivity contribution in [1.82, 2.24) is 24.6 Å². The minimum atomic E-state index is 0.458. The Bertz CT molecular complexity index is 555. The standard InChI is InChI=1S/C13H20ClN5/c1-9(2)15-5-11-6-19(8-16-11)7-12-10(3)17-18(4)13(12)14/h6,8-9,15H,5,7H2,1-4H3. The molecular formula is C13H20ClN5. The fourth-order valence-corrected chi connectivity index (χ4v) is 2.16. The van der Waals surface area contributed by atoms with Gasteiger partial charge in [0.1, 0.15) is 5.15 Å². The number of hydrogen-bond donors (Lipinski definition) is 1. The summed E-state index contributed by atoms with van der Waals surface area (Å²) < 4.78 is 3.73. The van der Waals surface area contributed by atoms with Crippen LogP contribution >= 0.6 is 11.6 Å². The SMILES string of the molecule is Cc1nn(C)c(Cl)c1Cn1cnc(CNC(C)C)c1. The molecule has 2 rings (SSSR count). The molecule has 0 saturated heterocycles. The maximum absolute atomic E-state index is 6.23. The monoisotopic (exact) mass is 281 g/mol. The Kier molecular flexibility index (Phi) is 4.27. The van der Waals surface area contributed by atoms with Gasteiger partial charge in [-0.05, 0) is 6.92 Å². The first kappa shape index (κ1) is 14.1. The number of rotatable bonds is 5. The highest BCUT2D eigenvalue weighted by molar-refractivity contribution is 6.30. The van der Waals surface area contributed by atoms with E-state index in [1.54, 1.807) is 4.68 Å². The van der Waals surface area contributed by atoms with E-state index < -0.39 is 0 Å². The summed E-state index contributed by atoms with van der Waals surface area (Å²) in [4.78, 5) is 4.38. The maximum atomic E-state index is 6.23. The number of aryl methyl sites for hydroxylation is 2. The Morgan fingerprint density at radius 3 is 2.74 bits per heavy atom. The highest BCUT2D eigenvalue weighted by Gasteiger charge is 2.11. The van der Waals surface area contributed by atoms with Gasteiger partial charge in [0.15, 0.2) is 0 Å². The molecule has 2 aromatic heterocycles. The predicted octanol–water partition coefficient (Wildman–Crippen LogP) is 2.12. The molecule has 0 radical (unpaired) electrons. The Balaban J connectivity index is 2.07. The van der Waals surface area contributed by atoms with Gasteiger partial charge in [0.25, 0.3) is 0 Å². The summed E-state index contributed by atoms with van der Waals surface area (Å²) in [6.07, 6.45) is 3.87. The quantitative estimate of drug-likeness (QED) is 0.913. The van der Waals surface area contributed by atoms with Gasteiger partial charge in [-0.15, -0.1) is 0 Å². The van der Waals surface area contributed by atoms with E-state index in [2.05, 4.69) is 29.2 Å². The highest BCUT2D eigenvalue weighted by atomic mass is 35.5. The Hall–Kier alpha value is -1.33. The Labute approximate surface area is 118 Å². The van der Waals surface area contributed by atoms with Gasteiger partial charge in [0.05, 0.1) is 24.3 Å². The molecule has 0 atom stereocenters. The Morgan fingerprint density at radius 1 is 1.42 bits per heavy atom. The molecule has 19 heavy (non-hydrogen) atoms. The number of nitrogens with one attached hydrogen (secondary N) is 1. The van der Waals surface area contributed by atoms with Crippen molar-refractivity contribution in [3.63, 3.8) is 0 Å². The van der Waals surface area contributed by atoms with Crippen LogP contribution in [0.25, 0.3) is 0 Å². The van der Waals surface area contributed by atoms with E-state index in [0.717, 1.165) is 23.5 Å². The predicted molar refractivity (Wildman–Crippen MR) is 76.3 cm³/mol. The summed E-state index contributed by atoms with van der Waals surface area (Å²) in [6, 6.07) is 0.458. The van der Waals surface area contributed by atoms with Gasteiger partial charge >= 0.3 is 0 Å². The molecule has 0 aliphatic rings. The molecular weight excluding hydrogens is 262 g/mol. The van der Waals surface area contributed by atoms with Crippen LogP contribution in [-0.4, -0.2) is 25.4 Å². The van der Waals surface area contributed by atoms with Crippen LogP contribution in [0.3, 0.4) is 0 Å². The van der Waals surface area contributed by atoms with Gasteiger partial charge in [-0.1, -0.05) is 25.4 Å². The van der Waals surface area contributed by atoms with E-state index in [9.17, 15) is 0 Å². The van der Waals surface area contributed by atoms with E-state index >= 15 is 0 Å². The third kappa shape index (κ3) is 3.36. The highest BCUT2D eigenvalue weighted by Crippen LogP contribution is 2.19. The number of hydrogen-bond acceptors (Lipinski definition) is 3. The minimum Gasteiger partial charge on any atom is -0.333 e. The smallest absolute Gasteiger partial charge is 0.131 e. The van der Waals surface area contributed by atoms with Crippen molar-refractivity contribution >= 4 is 11.6 Å². The number of halogens is 1. The van der Waals surface area contributed by atoms with Crippen LogP contribution in [0.1, 0.15) is 30.8 Å². The molecule has 1 N–H and O–H groups in total. The minimum absolute atomic E-state index is 0.458. The van der Waals surface area contributed by atoms with Gasteiger partial charge in [-0.25, -0.2) is 4.98 Å². The zero-order valence-electron chi connectivity index (χ0n) is 11.8. The lowest BCUT2D eigenvalue weighted by Gasteiger charge is -2.05. The van der Waals surface area contributed by atoms with Gasteiger partial charge in [-0.2, -0.15) is 5.10 Å². The molecule has 0 unspecified atom stereocenters. The molecule has 0 amide bonds. The average molecular weight is 282 g/mol. The molecule has 104 valence electrons. The zero-order chi connectivity index (χ0) is 14.0. The van der Waals surface area contributed by atoms with Gasteiger partial charge in [0, 0.05) is 31.4 Å². The lowest BCUT2D eigenvalue weighted by molar-refractivity contribution is 0.582. The molecule has 6 heteroatoms. The summed E-state index contributed by atoms with van der Waals surface area (Å²) in [7, 11) is 1.85. The fourth-order valence-electron chi connectivity index (χ4n) is 1.93. The third-order valence-corrected chi connectivity index (χ3v) is 3.46. The van der Waals surface area contributed by atoms with Crippen LogP contribution in [0, 0.1) is 6.92 Å². The normalized spacial score (nSPS) is 11.5. The average Bonchev–Trinajstić information content (AvgIpc) is 2.88. The summed E-state index contributed by atoms with van der Waals surface area (Å²) in [6.45, 7) is 7.70. The van der Waals surface area contributed by atoms with Crippen molar-refractivity contribution in [2.24, 2.45) is 7.05 Å². The third-order valence-electron chi connectivity index (χ3n) is 2.99. The molecule has 0 aromatic carbocycles. The van der Waals surface area contributed by atoms with Gasteiger partial charge < -0.3 is 9.88 Å². The van der Waals surface area contributed by atoms with Crippen LogP contribution in [-0.2, 0) is 20.1 Å². The number of imidazole rings is 1. The first-order valence-electron chi connectivity index (χ1n) is 6.39. The molecule has 0 saturated carbocycles. The van der Waals surface area contributed by atoms with Crippen molar-refractivity contribution in [3.8, 4) is 0 Å². The zero-order valence-corrected chi connectivity index (χ0v) is 12.6. The molecule has 0 aliphatic heterocycles. The molecule has 5 nitrogen and oxygen atoms in total. The van der Waals surface area contributed by atoms with Crippen LogP contribution in [0.15, 0.2) is 12.5 Å². The van der Waals surface area contributed by atoms with Crippen molar-refractivity contribution in [3.05, 3.63) is 34.6 Å². The topological polar surface area (TPSA) is 47.7 Å². The van der Waals surface area contributed by atoms with Crippen LogP contribution in [0.2, 0.25) is 5.15 Å². The summed E-state index contributed by atoms with van der Waals surface area (Å²) >= 11 is 6.23. The van der Waals surface area contributed by atoms with E-state index in [4.69, 9.17) is 11.6 Å². The largest absolute Gasteiger partial charge is 0.333 e. The Morgan fingerprint density at radius 2 is 2.16 bits per heavy atom. The van der Waals surface area contributed by atoms with Crippen molar-refractivity contribution < 1.29 is 0 Å². The molecule has 0 bridgehead atoms. The number of aromatic nitrogens is 4. The second kappa shape index (κ2) is 5.75. The molecule has 0 fully saturated rings. The van der Waals surface area contributed by atoms with Gasteiger partial charge in [0.2, 0.25) is 0 Å². The first-order valence-corrected chi connectivity index (χ1v) is 6.77. The maximum Gasteiger partial charge on any atom is 0.131 e. The fraction of sp³-hybridized carbons (Fsp3) is 0.538. The van der Waals surface area contributed by atoms with E-state index in [1.807, 2.05) is 31.1 Å². The summed E-state index contributed by atoms with van der Waals surface area (Å²) in [5.41, 5.74) is 3.04. The van der Waals surface area contributed by atoms with Crippen molar-refractivity contribution in [1.29, 1.82) is 0 Å². The van der Waals surface area contributed by atoms with Crippen molar-refractivity contribution in [2.75, 3.05) is 0 Å². The number of nitrogens with zero attached hydrogens (tertiary/aromatic N) is 4. The van der Waals surface area contributed by atoms with E-state index in [1.165, 1.54) is 0 Å². The van der Waals surface area contributed by atoms with Crippen LogP contribution in [0.4, 0.5) is 0 Å². The molecule has 0 aliphatic carbocycles. The van der Waals surface area contributed by atoms with E-state index in [0.29, 0.717) is 17.7 Å². The lowest BCUT2D eigenvalue weighted by atomic mass is 10.2. The molecule has 2 aromatic rings. The van der Waals surface area contributed by atoms with Crippen LogP contribution in [0.5, 0.6) is 0 Å². The van der Waals surface area contributed by atoms with Crippen LogP contribution < -0.4 is 5.32 Å².